The predicted octanol–water partition coefficient (Wildman–Crippen LogP) is 1.28. The third kappa shape index (κ3) is 4.04. The van der Waals surface area contributed by atoms with Gasteiger partial charge in [0.15, 0.2) is 0 Å². The number of hydrogen-bond donors (Lipinski definition) is 1. The van der Waals surface area contributed by atoms with Crippen LogP contribution >= 0.6 is 11.8 Å². The van der Waals surface area contributed by atoms with Gasteiger partial charge in [-0.05, 0) is 23.8 Å². The van der Waals surface area contributed by atoms with E-state index >= 15 is 0 Å². The molecule has 7 heteroatoms. The SMILES string of the molecule is NC(=O)C1CCN(C(=O)CN2C(=O)CSC=C2c2ccccc2)CC1. The zero-order chi connectivity index (χ0) is 17.8. The van der Waals surface area contributed by atoms with Crippen LogP contribution in [0.5, 0.6) is 0 Å². The minimum Gasteiger partial charge on any atom is -0.369 e. The average Bonchev–Trinajstić information content (AvgIpc) is 2.64. The number of carbonyl (C=O) groups excluding carboxylic acids is 3. The lowest BCUT2D eigenvalue weighted by Crippen LogP contribution is -2.47. The van der Waals surface area contributed by atoms with Crippen molar-refractivity contribution < 1.29 is 14.4 Å². The van der Waals surface area contributed by atoms with E-state index < -0.39 is 0 Å². The van der Waals surface area contributed by atoms with E-state index in [2.05, 4.69) is 0 Å². The first-order valence-corrected chi connectivity index (χ1v) is 9.36. The molecular formula is C18H21N3O3S. The molecular weight excluding hydrogens is 338 g/mol. The summed E-state index contributed by atoms with van der Waals surface area (Å²) in [5, 5.41) is 1.93. The van der Waals surface area contributed by atoms with Crippen LogP contribution in [-0.4, -0.2) is 52.9 Å². The van der Waals surface area contributed by atoms with Crippen LogP contribution in [-0.2, 0) is 14.4 Å². The van der Waals surface area contributed by atoms with E-state index in [4.69, 9.17) is 5.73 Å². The fraction of sp³-hybridized carbons (Fsp3) is 0.389. The molecule has 1 aromatic rings. The van der Waals surface area contributed by atoms with Crippen LogP contribution < -0.4 is 5.73 Å². The van der Waals surface area contributed by atoms with Gasteiger partial charge in [0, 0.05) is 19.0 Å². The molecule has 3 amide bonds. The van der Waals surface area contributed by atoms with E-state index in [1.54, 1.807) is 9.80 Å². The molecule has 2 N–H and O–H groups in total. The Morgan fingerprint density at radius 2 is 1.84 bits per heavy atom. The number of benzene rings is 1. The number of primary amides is 1. The van der Waals surface area contributed by atoms with E-state index in [9.17, 15) is 14.4 Å². The molecule has 1 saturated heterocycles. The summed E-state index contributed by atoms with van der Waals surface area (Å²) in [4.78, 5) is 39.5. The van der Waals surface area contributed by atoms with Crippen molar-refractivity contribution >= 4 is 35.2 Å². The molecule has 0 atom stereocenters. The maximum Gasteiger partial charge on any atom is 0.242 e. The summed E-state index contributed by atoms with van der Waals surface area (Å²) in [5.41, 5.74) is 7.02. The highest BCUT2D eigenvalue weighted by Gasteiger charge is 2.30. The standard InChI is InChI=1S/C18H21N3O3S/c19-18(24)14-6-8-20(9-7-14)16(22)10-21-15(11-25-12-17(21)23)13-4-2-1-3-5-13/h1-5,11,14H,6-10,12H2,(H2,19,24). The molecule has 0 bridgehead atoms. The maximum atomic E-state index is 12.6. The summed E-state index contributed by atoms with van der Waals surface area (Å²) < 4.78 is 0. The van der Waals surface area contributed by atoms with Gasteiger partial charge in [-0.25, -0.2) is 0 Å². The zero-order valence-electron chi connectivity index (χ0n) is 13.9. The molecule has 3 rings (SSSR count). The zero-order valence-corrected chi connectivity index (χ0v) is 14.7. The Kier molecular flexibility index (Phi) is 5.43. The number of piperidine rings is 1. The average molecular weight is 359 g/mol. The number of amides is 3. The number of rotatable bonds is 4. The summed E-state index contributed by atoms with van der Waals surface area (Å²) in [6.07, 6.45) is 1.18. The Morgan fingerprint density at radius 1 is 1.16 bits per heavy atom. The van der Waals surface area contributed by atoms with Crippen molar-refractivity contribution in [3.63, 3.8) is 0 Å². The minimum absolute atomic E-state index is 0.0291. The number of nitrogens with zero attached hydrogens (tertiary/aromatic N) is 2. The number of nitrogens with two attached hydrogens (primary N) is 1. The number of likely N-dealkylation sites (tertiary alicyclic amines) is 1. The molecule has 2 aliphatic rings. The lowest BCUT2D eigenvalue weighted by atomic mass is 9.96. The Morgan fingerprint density at radius 3 is 2.48 bits per heavy atom. The van der Waals surface area contributed by atoms with Gasteiger partial charge < -0.3 is 15.5 Å². The van der Waals surface area contributed by atoms with Crippen molar-refractivity contribution in [2.75, 3.05) is 25.4 Å². The summed E-state index contributed by atoms with van der Waals surface area (Å²) in [6.45, 7) is 1.04. The maximum absolute atomic E-state index is 12.6. The molecule has 0 radical (unpaired) electrons. The van der Waals surface area contributed by atoms with E-state index in [0.29, 0.717) is 31.7 Å². The van der Waals surface area contributed by atoms with Crippen LogP contribution in [0, 0.1) is 5.92 Å². The fourth-order valence-corrected chi connectivity index (χ4v) is 3.93. The monoisotopic (exact) mass is 359 g/mol. The molecule has 0 spiro atoms. The second kappa shape index (κ2) is 7.74. The van der Waals surface area contributed by atoms with Crippen LogP contribution in [0.25, 0.3) is 5.70 Å². The first-order chi connectivity index (χ1) is 12.1. The van der Waals surface area contributed by atoms with Gasteiger partial charge in [-0.15, -0.1) is 11.8 Å². The topological polar surface area (TPSA) is 83.7 Å². The molecule has 2 aliphatic heterocycles. The molecule has 1 fully saturated rings. The van der Waals surface area contributed by atoms with E-state index in [0.717, 1.165) is 11.3 Å². The smallest absolute Gasteiger partial charge is 0.242 e. The van der Waals surface area contributed by atoms with Gasteiger partial charge in [0.05, 0.1) is 11.4 Å². The molecule has 0 unspecified atom stereocenters. The largest absolute Gasteiger partial charge is 0.369 e. The van der Waals surface area contributed by atoms with Crippen molar-refractivity contribution in [1.82, 2.24) is 9.80 Å². The van der Waals surface area contributed by atoms with E-state index in [1.807, 2.05) is 35.7 Å². The van der Waals surface area contributed by atoms with Gasteiger partial charge >= 0.3 is 0 Å². The Labute approximate surface area is 151 Å². The van der Waals surface area contributed by atoms with Gasteiger partial charge in [-0.2, -0.15) is 0 Å². The molecule has 6 nitrogen and oxygen atoms in total. The summed E-state index contributed by atoms with van der Waals surface area (Å²) in [5.74, 6) is -0.272. The second-order valence-electron chi connectivity index (χ2n) is 6.22. The van der Waals surface area contributed by atoms with E-state index in [-0.39, 0.29) is 30.2 Å². The Bertz CT molecular complexity index is 697. The first kappa shape index (κ1) is 17.5. The van der Waals surface area contributed by atoms with Gasteiger partial charge in [0.2, 0.25) is 17.7 Å². The Hall–Kier alpha value is -2.28. The molecule has 0 saturated carbocycles. The molecule has 25 heavy (non-hydrogen) atoms. The van der Waals surface area contributed by atoms with Crippen molar-refractivity contribution in [3.8, 4) is 0 Å². The highest BCUT2D eigenvalue weighted by Crippen LogP contribution is 2.28. The van der Waals surface area contributed by atoms with Crippen molar-refractivity contribution in [2.24, 2.45) is 11.7 Å². The number of hydrogen-bond acceptors (Lipinski definition) is 4. The van der Waals surface area contributed by atoms with Gasteiger partial charge in [0.25, 0.3) is 0 Å². The highest BCUT2D eigenvalue weighted by molar-refractivity contribution is 8.03. The van der Waals surface area contributed by atoms with Crippen LogP contribution in [0.3, 0.4) is 0 Å². The van der Waals surface area contributed by atoms with Crippen molar-refractivity contribution in [1.29, 1.82) is 0 Å². The number of thioether (sulfide) groups is 1. The molecule has 2 heterocycles. The molecule has 1 aromatic carbocycles. The molecule has 0 aromatic heterocycles. The van der Waals surface area contributed by atoms with Crippen LogP contribution in [0.2, 0.25) is 0 Å². The van der Waals surface area contributed by atoms with Crippen molar-refractivity contribution in [2.45, 2.75) is 12.8 Å². The van der Waals surface area contributed by atoms with Gasteiger partial charge in [-0.1, -0.05) is 30.3 Å². The normalized spacial score (nSPS) is 18.9. The third-order valence-corrected chi connectivity index (χ3v) is 5.41. The number of carbonyl (C=O) groups is 3. The quantitative estimate of drug-likeness (QED) is 0.878. The Balaban J connectivity index is 1.68. The predicted molar refractivity (Wildman–Crippen MR) is 97.1 cm³/mol. The second-order valence-corrected chi connectivity index (χ2v) is 7.08. The van der Waals surface area contributed by atoms with Gasteiger partial charge in [-0.3, -0.25) is 14.4 Å². The molecule has 132 valence electrons. The van der Waals surface area contributed by atoms with Crippen LogP contribution in [0.15, 0.2) is 35.7 Å². The minimum atomic E-state index is -0.301. The van der Waals surface area contributed by atoms with Crippen LogP contribution in [0.4, 0.5) is 0 Å². The first-order valence-electron chi connectivity index (χ1n) is 8.31. The lowest BCUT2D eigenvalue weighted by Gasteiger charge is -2.34. The fourth-order valence-electron chi connectivity index (χ4n) is 3.12. The summed E-state index contributed by atoms with van der Waals surface area (Å²) in [6, 6.07) is 9.60. The van der Waals surface area contributed by atoms with Crippen molar-refractivity contribution in [3.05, 3.63) is 41.3 Å². The molecule has 0 aliphatic carbocycles. The van der Waals surface area contributed by atoms with Crippen LogP contribution in [0.1, 0.15) is 18.4 Å². The van der Waals surface area contributed by atoms with E-state index in [1.165, 1.54) is 11.8 Å². The summed E-state index contributed by atoms with van der Waals surface area (Å²) >= 11 is 1.45. The highest BCUT2D eigenvalue weighted by atomic mass is 32.2. The summed E-state index contributed by atoms with van der Waals surface area (Å²) in [7, 11) is 0. The third-order valence-electron chi connectivity index (χ3n) is 4.61. The van der Waals surface area contributed by atoms with Gasteiger partial charge in [0.1, 0.15) is 6.54 Å². The lowest BCUT2D eigenvalue weighted by molar-refractivity contribution is -0.138.